The van der Waals surface area contributed by atoms with E-state index in [0.717, 1.165) is 21.4 Å². The summed E-state index contributed by atoms with van der Waals surface area (Å²) in [6, 6.07) is 10.3. The topological polar surface area (TPSA) is 340 Å². The number of likely N-dealkylation sites (N-methyl/N-ethyl adjacent to an activating group) is 2. The van der Waals surface area contributed by atoms with Crippen molar-refractivity contribution in [2.24, 2.45) is 35.3 Å². The summed E-state index contributed by atoms with van der Waals surface area (Å²) in [6.07, 6.45) is 6.48. The third-order valence-electron chi connectivity index (χ3n) is 18.2. The first-order valence-corrected chi connectivity index (χ1v) is 33.6. The summed E-state index contributed by atoms with van der Waals surface area (Å²) < 4.78 is 17.8. The van der Waals surface area contributed by atoms with Crippen molar-refractivity contribution < 1.29 is 67.0 Å². The van der Waals surface area contributed by atoms with Crippen LogP contribution in [-0.4, -0.2) is 193 Å². The van der Waals surface area contributed by atoms with Crippen LogP contribution in [0.15, 0.2) is 72.9 Å². The smallest absolute Gasteiger partial charge is 0.410 e. The summed E-state index contributed by atoms with van der Waals surface area (Å²) in [7, 11) is 6.16. The van der Waals surface area contributed by atoms with Crippen LogP contribution in [0.2, 0.25) is 0 Å². The summed E-state index contributed by atoms with van der Waals surface area (Å²) in [5, 5.41) is 17.9. The summed E-state index contributed by atoms with van der Waals surface area (Å²) in [6.45, 7) is 17.4. The van der Waals surface area contributed by atoms with Crippen molar-refractivity contribution in [3.8, 4) is 0 Å². The van der Waals surface area contributed by atoms with E-state index < -0.39 is 95.9 Å². The Bertz CT molecular complexity index is 3160. The lowest BCUT2D eigenvalue weighted by molar-refractivity contribution is -0.148. The number of carbonyl (C=O) groups is 11. The lowest BCUT2D eigenvalue weighted by Gasteiger charge is -2.41. The summed E-state index contributed by atoms with van der Waals surface area (Å²) in [5.41, 5.74) is 8.08. The van der Waals surface area contributed by atoms with Crippen LogP contribution in [-0.2, 0) is 70.4 Å². The predicted octanol–water partition coefficient (Wildman–Crippen LogP) is 5.75. The van der Waals surface area contributed by atoms with Gasteiger partial charge in [-0.05, 0) is 104 Å². The fraction of sp³-hybridized carbons (Fsp3) is 0.600. The SMILES string of the molecule is CC[C@H](C)[C@@H]([C@@H](CC(=O)N1CCC[C@H]1[C@H](OC)[C@@H](C)C(=O)NCCc1cccc2ncccc12)OC)N(C)C(=O)[C@@H](NC(=O)[C@H](C(C)C)N(C)C(=O)OCc1ccc(NC(=O)[C@H](CCCNC(N)=O)NC(=O)[C@@H](NC(=O)CCCCCN2C(=O)C=CC2=O)C(C)C)cc1)C(C)C. The molecule has 8 N–H and O–H groups in total. The van der Waals surface area contributed by atoms with Gasteiger partial charge in [-0.2, -0.15) is 0 Å². The Kier molecular flexibility index (Phi) is 31.2. The molecular weight excluding hydrogens is 1230 g/mol. The summed E-state index contributed by atoms with van der Waals surface area (Å²) >= 11 is 0. The molecule has 3 aromatic rings. The second kappa shape index (κ2) is 38.3. The highest BCUT2D eigenvalue weighted by atomic mass is 16.6. The van der Waals surface area contributed by atoms with Crippen molar-refractivity contribution >= 4 is 81.9 Å². The highest BCUT2D eigenvalue weighted by Gasteiger charge is 2.44. The van der Waals surface area contributed by atoms with Gasteiger partial charge in [0, 0.05) is 90.3 Å². The van der Waals surface area contributed by atoms with Gasteiger partial charge in [0.2, 0.25) is 41.4 Å². The molecule has 0 bridgehead atoms. The number of nitrogens with zero attached hydrogens (tertiary/aromatic N) is 5. The van der Waals surface area contributed by atoms with Crippen LogP contribution in [0.1, 0.15) is 138 Å². The zero-order valence-electron chi connectivity index (χ0n) is 58.3. The number of anilines is 1. The van der Waals surface area contributed by atoms with Crippen LogP contribution in [0, 0.1) is 29.6 Å². The highest BCUT2D eigenvalue weighted by molar-refractivity contribution is 6.12. The number of hydrogen-bond donors (Lipinski definition) is 7. The van der Waals surface area contributed by atoms with Gasteiger partial charge < -0.3 is 61.6 Å². The Hall–Kier alpha value is -8.52. The molecule has 12 amide bonds. The van der Waals surface area contributed by atoms with E-state index >= 15 is 0 Å². The molecule has 0 aliphatic carbocycles. The van der Waals surface area contributed by atoms with Gasteiger partial charge in [-0.3, -0.25) is 57.9 Å². The minimum absolute atomic E-state index is 0.0650. The van der Waals surface area contributed by atoms with Crippen molar-refractivity contribution in [1.82, 2.24) is 51.2 Å². The van der Waals surface area contributed by atoms with Gasteiger partial charge >= 0.3 is 12.1 Å². The average Bonchev–Trinajstić information content (AvgIpc) is 1.83. The number of methoxy groups -OCH3 is 2. The van der Waals surface area contributed by atoms with Crippen molar-refractivity contribution in [2.45, 2.75) is 188 Å². The van der Waals surface area contributed by atoms with Gasteiger partial charge in [-0.25, -0.2) is 9.59 Å². The zero-order chi connectivity index (χ0) is 70.9. The Morgan fingerprint density at radius 2 is 1.41 bits per heavy atom. The zero-order valence-corrected chi connectivity index (χ0v) is 58.3. The number of primary amides is 1. The average molecular weight is 1340 g/mol. The number of imide groups is 1. The van der Waals surface area contributed by atoms with E-state index in [0.29, 0.717) is 69.3 Å². The van der Waals surface area contributed by atoms with Gasteiger partial charge in [-0.15, -0.1) is 0 Å². The number of nitrogens with two attached hydrogens (primary N) is 1. The molecule has 3 heterocycles. The number of rotatable bonds is 38. The largest absolute Gasteiger partial charge is 0.445 e. The van der Waals surface area contributed by atoms with Gasteiger partial charge in [0.25, 0.3) is 11.8 Å². The number of nitrogens with one attached hydrogen (secondary N) is 6. The van der Waals surface area contributed by atoms with Crippen LogP contribution in [0.5, 0.6) is 0 Å². The number of fused-ring (bicyclic) bond motifs is 1. The molecule has 1 fully saturated rings. The molecule has 96 heavy (non-hydrogen) atoms. The number of benzene rings is 2. The van der Waals surface area contributed by atoms with Gasteiger partial charge in [0.15, 0.2) is 0 Å². The third-order valence-corrected chi connectivity index (χ3v) is 18.2. The Balaban J connectivity index is 1.16. The molecule has 2 aromatic carbocycles. The quantitative estimate of drug-likeness (QED) is 0.0265. The number of aromatic nitrogens is 1. The van der Waals surface area contributed by atoms with E-state index in [1.54, 1.807) is 82.1 Å². The van der Waals surface area contributed by atoms with Crippen LogP contribution in [0.25, 0.3) is 10.9 Å². The fourth-order valence-electron chi connectivity index (χ4n) is 12.6. The lowest BCUT2D eigenvalue weighted by Crippen LogP contribution is -2.60. The van der Waals surface area contributed by atoms with Crippen LogP contribution in [0.3, 0.4) is 0 Å². The number of carbonyl (C=O) groups excluding carboxylic acids is 11. The minimum Gasteiger partial charge on any atom is -0.445 e. The maximum atomic E-state index is 14.8. The van der Waals surface area contributed by atoms with E-state index in [2.05, 4.69) is 36.9 Å². The molecule has 0 radical (unpaired) electrons. The highest BCUT2D eigenvalue weighted by Crippen LogP contribution is 2.30. The first kappa shape index (κ1) is 78.2. The van der Waals surface area contributed by atoms with Crippen molar-refractivity contribution in [3.63, 3.8) is 0 Å². The van der Waals surface area contributed by atoms with Gasteiger partial charge in [0.05, 0.1) is 42.1 Å². The first-order chi connectivity index (χ1) is 45.6. The molecule has 26 nitrogen and oxygen atoms in total. The number of pyridine rings is 1. The standard InChI is InChI=1S/C70H104N12O14/c1-14-45(8)62(54(94-12)40-58(86)81-39-21-26-53(81)63(95-13)46(9)64(87)73-37-34-48-22-18-24-51-50(48)23-19-35-72-51)79(10)68(91)60(43(4)5)78-67(90)61(44(6)7)80(11)70(93)96-41-47-28-30-49(31-29-47)75-65(88)52(25-20-36-74-69(71)92)76-66(89)59(42(2)3)77-55(83)27-16-15-17-38-82-56(84)32-33-57(82)85/h18-19,22-24,28-33,35,42-46,52-54,59-63H,14-17,20-21,25-27,34,36-41H2,1-13H3,(H,73,87)(H,75,88)(H,76,89)(H,77,83)(H,78,90)(H3,71,74,92)/t45-,46+,52-,53-,54+,59-,60-,61-,62-,63+/m0/s1. The van der Waals surface area contributed by atoms with Crippen LogP contribution < -0.4 is 37.6 Å². The molecule has 2 aliphatic rings. The molecule has 26 heteroatoms. The molecular formula is C70H104N12O14. The normalized spacial score (nSPS) is 16.6. The number of likely N-dealkylation sites (tertiary alicyclic amines) is 1. The minimum atomic E-state index is -1.11. The third kappa shape index (κ3) is 22.3. The maximum Gasteiger partial charge on any atom is 0.410 e. The molecule has 1 aromatic heterocycles. The maximum absolute atomic E-state index is 14.8. The van der Waals surface area contributed by atoms with Crippen LogP contribution >= 0.6 is 0 Å². The van der Waals surface area contributed by atoms with Crippen molar-refractivity contribution in [2.75, 3.05) is 59.8 Å². The molecule has 5 rings (SSSR count). The number of urea groups is 1. The van der Waals surface area contributed by atoms with E-state index in [1.165, 1.54) is 31.2 Å². The molecule has 10 atom stereocenters. The van der Waals surface area contributed by atoms with E-state index in [1.807, 2.05) is 65.0 Å². The molecule has 1 saturated heterocycles. The van der Waals surface area contributed by atoms with Crippen molar-refractivity contribution in [3.05, 3.63) is 84.1 Å². The van der Waals surface area contributed by atoms with Gasteiger partial charge in [0.1, 0.15) is 30.8 Å². The van der Waals surface area contributed by atoms with Crippen molar-refractivity contribution in [1.29, 1.82) is 0 Å². The predicted molar refractivity (Wildman–Crippen MR) is 363 cm³/mol. The van der Waals surface area contributed by atoms with E-state index in [-0.39, 0.29) is 92.8 Å². The summed E-state index contributed by atoms with van der Waals surface area (Å²) in [4.78, 5) is 157. The molecule has 0 unspecified atom stereocenters. The molecule has 528 valence electrons. The second-order valence-corrected chi connectivity index (χ2v) is 26.1. The molecule has 0 saturated carbocycles. The Morgan fingerprint density at radius 3 is 2.03 bits per heavy atom. The molecule has 0 spiro atoms. The lowest BCUT2D eigenvalue weighted by atomic mass is 9.89. The number of ether oxygens (including phenoxy) is 3. The van der Waals surface area contributed by atoms with E-state index in [9.17, 15) is 52.7 Å². The van der Waals surface area contributed by atoms with Gasteiger partial charge in [-0.1, -0.05) is 105 Å². The summed E-state index contributed by atoms with van der Waals surface area (Å²) in [5.74, 6) is -5.67. The van der Waals surface area contributed by atoms with E-state index in [4.69, 9.17) is 19.9 Å². The monoisotopic (exact) mass is 1340 g/mol. The first-order valence-electron chi connectivity index (χ1n) is 33.6. The fourth-order valence-corrected chi connectivity index (χ4v) is 12.6. The Morgan fingerprint density at radius 1 is 0.719 bits per heavy atom. The molecule has 2 aliphatic heterocycles. The number of unbranched alkanes of at least 4 members (excludes halogenated alkanes) is 2. The number of hydrogen-bond acceptors (Lipinski definition) is 15. The Labute approximate surface area is 565 Å². The second-order valence-electron chi connectivity index (χ2n) is 26.1. The number of amides is 12. The van der Waals surface area contributed by atoms with Crippen LogP contribution in [0.4, 0.5) is 15.3 Å².